The second-order valence-electron chi connectivity index (χ2n) is 17.6. The molecule has 2 aliphatic rings. The predicted octanol–water partition coefficient (Wildman–Crippen LogP) is 13.9. The molecule has 3 heterocycles. The summed E-state index contributed by atoms with van der Waals surface area (Å²) >= 11 is -1.81. The Morgan fingerprint density at radius 3 is 2.09 bits per heavy atom. The fourth-order valence-electron chi connectivity index (χ4n) is 9.36. The molecule has 9 rings (SSSR count). The second kappa shape index (κ2) is 18.0. The molecule has 0 amide bonds. The summed E-state index contributed by atoms with van der Waals surface area (Å²) in [6.45, 7) is 6.56. The van der Waals surface area contributed by atoms with Gasteiger partial charge >= 0.3 is 144 Å². The Morgan fingerprint density at radius 2 is 1.39 bits per heavy atom. The van der Waals surface area contributed by atoms with E-state index in [2.05, 4.69) is 140 Å². The molecule has 3 aromatic heterocycles. The maximum Gasteiger partial charge on any atom is 0.121 e. The van der Waals surface area contributed by atoms with Crippen molar-refractivity contribution < 1.29 is 24.5 Å². The maximum atomic E-state index is 6.25. The molecule has 2 saturated carbocycles. The van der Waals surface area contributed by atoms with Crippen LogP contribution in [0.2, 0.25) is 17.3 Å². The molecule has 7 aromatic rings. The van der Waals surface area contributed by atoms with E-state index in [-0.39, 0.29) is 20.1 Å². The minimum Gasteiger partial charge on any atom is -0.500 e. The molecule has 0 spiro atoms. The maximum absolute atomic E-state index is 6.25. The average molecular weight is 990 g/mol. The quantitative estimate of drug-likeness (QED) is 0.118. The molecule has 2 aliphatic carbocycles. The van der Waals surface area contributed by atoms with Gasteiger partial charge in [0.15, 0.2) is 0 Å². The first-order valence-electron chi connectivity index (χ1n) is 21.0. The van der Waals surface area contributed by atoms with E-state index in [0.29, 0.717) is 0 Å². The summed E-state index contributed by atoms with van der Waals surface area (Å²) in [6.07, 6.45) is 17.6. The summed E-state index contributed by atoms with van der Waals surface area (Å²) in [5.74, 6) is 8.86. The molecule has 0 unspecified atom stereocenters. The van der Waals surface area contributed by atoms with Gasteiger partial charge in [-0.1, -0.05) is 73.0 Å². The first-order chi connectivity index (χ1) is 27.1. The molecule has 57 heavy (non-hydrogen) atoms. The molecular formula is C52H56GeIrN2O-2. The Labute approximate surface area is 356 Å². The van der Waals surface area contributed by atoms with Crippen LogP contribution in [0.25, 0.3) is 55.6 Å². The summed E-state index contributed by atoms with van der Waals surface area (Å²) in [7, 11) is 0. The van der Waals surface area contributed by atoms with Crippen molar-refractivity contribution >= 4 is 39.6 Å². The van der Waals surface area contributed by atoms with Crippen LogP contribution in [0.1, 0.15) is 91.5 Å². The Kier molecular flexibility index (Phi) is 13.0. The minimum atomic E-state index is -1.81. The molecule has 5 heteroatoms. The Hall–Kier alpha value is -3.83. The molecule has 0 aliphatic heterocycles. The van der Waals surface area contributed by atoms with Crippen molar-refractivity contribution in [1.29, 1.82) is 0 Å². The first-order valence-corrected chi connectivity index (χ1v) is 28.3. The number of aryl methyl sites for hydroxylation is 3. The molecule has 0 atom stereocenters. The van der Waals surface area contributed by atoms with E-state index in [0.717, 1.165) is 62.7 Å². The monoisotopic (exact) mass is 991 g/mol. The topological polar surface area (TPSA) is 38.9 Å². The predicted molar refractivity (Wildman–Crippen MR) is 238 cm³/mol. The number of nitrogens with zero attached hydrogens (tertiary/aromatic N) is 2. The zero-order valence-corrected chi connectivity index (χ0v) is 39.1. The number of furan rings is 1. The summed E-state index contributed by atoms with van der Waals surface area (Å²) in [6, 6.07) is 37.5. The van der Waals surface area contributed by atoms with Crippen molar-refractivity contribution in [3.63, 3.8) is 0 Å². The summed E-state index contributed by atoms with van der Waals surface area (Å²) in [5, 5.41) is 2.26. The van der Waals surface area contributed by atoms with E-state index >= 15 is 0 Å². The van der Waals surface area contributed by atoms with Crippen LogP contribution < -0.4 is 4.40 Å². The standard InChI is InChI=1S/C31H28NO.C21H28GeN.Ir/c1-20-6-5-7-21(2)31(20)25-10-12-26-27-18-24(11-13-29(27)33-30(26)19-25)28-17-23(14-15-32-28)16-22-8-3-4-9-22;1-16-14-21(23-15-20(16)22(2,3)4)19-12-10-18(11-13-19)17-8-6-5-7-9-17;/h5-7,10,12-15,17-19,22H,3-4,8-9,16H2,1-2H3;10-12,14-15,17H,5-9H2,1-4H3;/q2*-1;. The number of benzene rings is 4. The van der Waals surface area contributed by atoms with Gasteiger partial charge < -0.3 is 9.40 Å². The van der Waals surface area contributed by atoms with Gasteiger partial charge in [0.25, 0.3) is 0 Å². The normalized spacial score (nSPS) is 15.1. The third kappa shape index (κ3) is 9.40. The first kappa shape index (κ1) is 41.3. The van der Waals surface area contributed by atoms with Crippen LogP contribution in [-0.4, -0.2) is 23.2 Å². The van der Waals surface area contributed by atoms with Crippen LogP contribution in [-0.2, 0) is 26.5 Å². The van der Waals surface area contributed by atoms with Crippen molar-refractivity contribution in [2.45, 2.75) is 108 Å². The van der Waals surface area contributed by atoms with Gasteiger partial charge in [-0.3, -0.25) is 0 Å². The Bertz CT molecular complexity index is 2440. The van der Waals surface area contributed by atoms with Gasteiger partial charge in [-0.25, -0.2) is 0 Å². The van der Waals surface area contributed by atoms with Crippen LogP contribution in [0.3, 0.4) is 0 Å². The molecule has 295 valence electrons. The molecule has 2 fully saturated rings. The largest absolute Gasteiger partial charge is 0.500 e. The molecule has 4 aromatic carbocycles. The third-order valence-corrected chi connectivity index (χ3v) is 16.9. The van der Waals surface area contributed by atoms with E-state index in [9.17, 15) is 0 Å². The second-order valence-corrected chi connectivity index (χ2v) is 28.2. The van der Waals surface area contributed by atoms with Gasteiger partial charge in [-0.15, -0.1) is 23.8 Å². The fourth-order valence-corrected chi connectivity index (χ4v) is 12.9. The summed E-state index contributed by atoms with van der Waals surface area (Å²) in [4.78, 5) is 9.40. The molecule has 1 radical (unpaired) electrons. The fraction of sp³-hybridized carbons (Fsp3) is 0.346. The number of fused-ring (bicyclic) bond motifs is 3. The number of hydrogen-bond acceptors (Lipinski definition) is 3. The van der Waals surface area contributed by atoms with Gasteiger partial charge in [-0.05, 0) is 66.3 Å². The van der Waals surface area contributed by atoms with Crippen molar-refractivity contribution in [3.05, 3.63) is 137 Å². The molecular weight excluding hydrogens is 933 g/mol. The van der Waals surface area contributed by atoms with E-state index in [1.807, 2.05) is 12.3 Å². The van der Waals surface area contributed by atoms with Crippen molar-refractivity contribution in [3.8, 4) is 33.6 Å². The van der Waals surface area contributed by atoms with Gasteiger partial charge in [0.05, 0.1) is 5.58 Å². The number of pyridine rings is 2. The Balaban J connectivity index is 0.000000183. The summed E-state index contributed by atoms with van der Waals surface area (Å²) < 4.78 is 7.75. The van der Waals surface area contributed by atoms with Crippen molar-refractivity contribution in [2.75, 3.05) is 0 Å². The van der Waals surface area contributed by atoms with Crippen LogP contribution in [0.4, 0.5) is 0 Å². The minimum absolute atomic E-state index is 0. The van der Waals surface area contributed by atoms with Crippen molar-refractivity contribution in [2.24, 2.45) is 5.92 Å². The molecule has 0 bridgehead atoms. The Morgan fingerprint density at radius 1 is 0.667 bits per heavy atom. The zero-order valence-electron chi connectivity index (χ0n) is 34.6. The SMILES string of the molecule is Cc1cc(-c2[c-]cc(C3CCCCC3)cc2)nc[c]1[Ge]([CH3])([CH3])[CH3].Cc1cccc(C)c1-c1ccc2c(c1)oc1c[c-]c(-c3cc(CC4CCCC4)ccn3)cc12.[Ir]. The van der Waals surface area contributed by atoms with Gasteiger partial charge in [0.1, 0.15) is 5.58 Å². The molecule has 0 saturated heterocycles. The third-order valence-electron chi connectivity index (χ3n) is 12.4. The van der Waals surface area contributed by atoms with E-state index in [4.69, 9.17) is 9.40 Å². The summed E-state index contributed by atoms with van der Waals surface area (Å²) in [5.41, 5.74) is 15.3. The van der Waals surface area contributed by atoms with Gasteiger partial charge in [-0.2, -0.15) is 0 Å². The number of rotatable bonds is 7. The molecule has 3 nitrogen and oxygen atoms in total. The number of aromatic nitrogens is 2. The molecule has 0 N–H and O–H groups in total. The van der Waals surface area contributed by atoms with Crippen LogP contribution in [0, 0.1) is 38.8 Å². The van der Waals surface area contributed by atoms with Crippen LogP contribution in [0.15, 0.2) is 102 Å². The van der Waals surface area contributed by atoms with E-state index < -0.39 is 13.3 Å². The van der Waals surface area contributed by atoms with Gasteiger partial charge in [0.2, 0.25) is 0 Å². The smallest absolute Gasteiger partial charge is 0.121 e. The average Bonchev–Trinajstić information content (AvgIpc) is 3.85. The zero-order chi connectivity index (χ0) is 38.8. The van der Waals surface area contributed by atoms with Crippen LogP contribution >= 0.6 is 0 Å². The van der Waals surface area contributed by atoms with Crippen LogP contribution in [0.5, 0.6) is 0 Å². The van der Waals surface area contributed by atoms with Crippen molar-refractivity contribution in [1.82, 2.24) is 9.97 Å². The van der Waals surface area contributed by atoms with E-state index in [1.165, 1.54) is 101 Å². The van der Waals surface area contributed by atoms with E-state index in [1.54, 1.807) is 0 Å². The van der Waals surface area contributed by atoms with Gasteiger partial charge in [0, 0.05) is 31.7 Å². The number of hydrogen-bond donors (Lipinski definition) is 0.